The van der Waals surface area contributed by atoms with Gasteiger partial charge in [-0.05, 0) is 23.2 Å². The topological polar surface area (TPSA) is 166 Å². The van der Waals surface area contributed by atoms with Crippen molar-refractivity contribution in [3.05, 3.63) is 11.8 Å². The number of carbonyl (C=O) groups excluding carboxylic acids is 4. The van der Waals surface area contributed by atoms with Crippen LogP contribution in [0.25, 0.3) is 0 Å². The number of nitrogens with one attached hydrogen (secondary N) is 2. The van der Waals surface area contributed by atoms with E-state index in [1.807, 2.05) is 0 Å². The van der Waals surface area contributed by atoms with Gasteiger partial charge in [-0.2, -0.15) is 36.2 Å². The average Bonchev–Trinajstić information content (AvgIpc) is 3.42. The SMILES string of the molecule is Cn1nc(C(F)(F)F)cc1OCC(=O)[C@H](C[C@@H]1CCNC1=O)OC(=O)[C@@H]1[C@@H]2[C@H](CN1C(=O)[C@@H](NS(=O)(=O)C(F)(F)F)C(C)(C)C)C2(C)C. The lowest BCUT2D eigenvalue weighted by Gasteiger charge is -2.37. The molecule has 0 spiro atoms. The number of rotatable bonds is 11. The molecule has 20 heteroatoms. The maximum Gasteiger partial charge on any atom is 0.511 e. The zero-order chi connectivity index (χ0) is 36.4. The number of esters is 1. The molecule has 2 amide bonds. The molecule has 3 fully saturated rings. The number of aryl methyl sites for hydroxylation is 1. The first kappa shape index (κ1) is 37.4. The fourth-order valence-corrected chi connectivity index (χ4v) is 7.21. The number of hydrogen-bond donors (Lipinski definition) is 2. The minimum atomic E-state index is -5.98. The Kier molecular flexibility index (Phi) is 9.72. The van der Waals surface area contributed by atoms with Crippen LogP contribution in [0, 0.1) is 28.6 Å². The number of ether oxygens (including phenoxy) is 2. The molecule has 0 aromatic carbocycles. The molecular weight excluding hydrogens is 680 g/mol. The molecule has 48 heavy (non-hydrogen) atoms. The van der Waals surface area contributed by atoms with E-state index < -0.39 is 104 Å². The summed E-state index contributed by atoms with van der Waals surface area (Å²) in [5.74, 6) is -5.68. The van der Waals surface area contributed by atoms with E-state index in [9.17, 15) is 53.9 Å². The Morgan fingerprint density at radius 2 is 1.77 bits per heavy atom. The second-order valence-corrected chi connectivity index (χ2v) is 15.6. The summed E-state index contributed by atoms with van der Waals surface area (Å²) in [5, 5.41) is 5.87. The van der Waals surface area contributed by atoms with Crippen molar-refractivity contribution < 1.29 is 63.4 Å². The molecule has 1 aliphatic carbocycles. The van der Waals surface area contributed by atoms with Crippen molar-refractivity contribution in [2.24, 2.45) is 35.6 Å². The molecule has 0 bridgehead atoms. The molecule has 1 saturated carbocycles. The number of Topliss-reactive ketones (excluding diaryl/α,β-unsaturated/α-hetero) is 1. The number of sulfonamides is 1. The normalized spacial score (nSPS) is 25.2. The summed E-state index contributed by atoms with van der Waals surface area (Å²) >= 11 is 0. The molecule has 0 unspecified atom stereocenters. The van der Waals surface area contributed by atoms with Gasteiger partial charge in [-0.1, -0.05) is 34.6 Å². The minimum absolute atomic E-state index is 0.120. The predicted octanol–water partition coefficient (Wildman–Crippen LogP) is 2.16. The van der Waals surface area contributed by atoms with E-state index >= 15 is 0 Å². The van der Waals surface area contributed by atoms with Gasteiger partial charge in [-0.3, -0.25) is 14.4 Å². The number of piperidine rings is 1. The summed E-state index contributed by atoms with van der Waals surface area (Å²) in [5.41, 5.74) is -8.93. The highest BCUT2D eigenvalue weighted by atomic mass is 32.2. The molecule has 3 aliphatic rings. The van der Waals surface area contributed by atoms with Crippen molar-refractivity contribution in [2.45, 2.75) is 77.3 Å². The molecule has 2 saturated heterocycles. The first-order valence-corrected chi connectivity index (χ1v) is 16.4. The van der Waals surface area contributed by atoms with E-state index in [0.717, 1.165) is 16.6 Å². The molecule has 1 aromatic rings. The molecule has 0 radical (unpaired) electrons. The first-order chi connectivity index (χ1) is 21.8. The van der Waals surface area contributed by atoms with Gasteiger partial charge in [0.1, 0.15) is 12.1 Å². The maximum absolute atomic E-state index is 13.8. The van der Waals surface area contributed by atoms with Crippen LogP contribution in [0.1, 0.15) is 53.2 Å². The third-order valence-electron chi connectivity index (χ3n) is 9.19. The molecule has 3 heterocycles. The molecule has 13 nitrogen and oxygen atoms in total. The first-order valence-electron chi connectivity index (χ1n) is 14.9. The number of alkyl halides is 6. The van der Waals surface area contributed by atoms with Crippen molar-refractivity contribution in [3.63, 3.8) is 0 Å². The quantitative estimate of drug-likeness (QED) is 0.258. The summed E-state index contributed by atoms with van der Waals surface area (Å²) in [6.07, 6.45) is -6.51. The predicted molar refractivity (Wildman–Crippen MR) is 152 cm³/mol. The molecule has 2 aliphatic heterocycles. The Hall–Kier alpha value is -3.42. The highest BCUT2D eigenvalue weighted by Gasteiger charge is 2.70. The lowest BCUT2D eigenvalue weighted by Crippen LogP contribution is -2.59. The number of ketones is 1. The summed E-state index contributed by atoms with van der Waals surface area (Å²) in [6, 6.07) is -2.82. The van der Waals surface area contributed by atoms with Crippen LogP contribution in [0.5, 0.6) is 5.88 Å². The van der Waals surface area contributed by atoms with E-state index in [0.29, 0.717) is 6.07 Å². The number of hydrogen-bond acceptors (Lipinski definition) is 9. The van der Waals surface area contributed by atoms with Crippen molar-refractivity contribution in [1.82, 2.24) is 24.7 Å². The van der Waals surface area contributed by atoms with Crippen molar-refractivity contribution >= 4 is 33.6 Å². The van der Waals surface area contributed by atoms with E-state index in [1.54, 1.807) is 13.8 Å². The van der Waals surface area contributed by atoms with Gasteiger partial charge in [0.25, 0.3) is 0 Å². The Bertz CT molecular complexity index is 1570. The summed E-state index contributed by atoms with van der Waals surface area (Å²) < 4.78 is 116. The number of amides is 2. The van der Waals surface area contributed by atoms with Crippen LogP contribution in [0.15, 0.2) is 6.07 Å². The van der Waals surface area contributed by atoms with Crippen LogP contribution in [0.2, 0.25) is 0 Å². The number of likely N-dealkylation sites (tertiary alicyclic amines) is 1. The van der Waals surface area contributed by atoms with Crippen LogP contribution < -0.4 is 14.8 Å². The monoisotopic (exact) mass is 717 g/mol. The van der Waals surface area contributed by atoms with Gasteiger partial charge in [0, 0.05) is 44.5 Å². The fourth-order valence-electron chi connectivity index (χ4n) is 6.31. The number of aromatic nitrogens is 2. The van der Waals surface area contributed by atoms with Crippen molar-refractivity contribution in [3.8, 4) is 5.88 Å². The molecular formula is C28H37F6N5O8S. The van der Waals surface area contributed by atoms with E-state index in [4.69, 9.17) is 9.47 Å². The smallest absolute Gasteiger partial charge is 0.470 e. The van der Waals surface area contributed by atoms with E-state index in [-0.39, 0.29) is 31.8 Å². The lowest BCUT2D eigenvalue weighted by molar-refractivity contribution is -0.165. The van der Waals surface area contributed by atoms with Gasteiger partial charge in [-0.25, -0.2) is 17.9 Å². The van der Waals surface area contributed by atoms with Crippen LogP contribution in [-0.2, 0) is 47.2 Å². The second-order valence-electron chi connectivity index (χ2n) is 13.9. The lowest BCUT2D eigenvalue weighted by atomic mass is 9.86. The standard InChI is InChI=1S/C28H37F6N5O8S/c1-25(2,3)21(37-48(44,45)28(32,33)34)23(42)39-11-14-19(26(14,4)5)20(39)24(43)47-16(9-13-7-8-35-22(13)41)15(40)12-46-18-10-17(27(29,30)31)36-38(18)6/h10,13-14,16,19-21,37H,7-9,11-12H2,1-6H3,(H,35,41)/t13-,14-,16-,19-,20-,21+/m0/s1. The molecule has 1 aromatic heterocycles. The van der Waals surface area contributed by atoms with Gasteiger partial charge in [0.15, 0.2) is 18.4 Å². The summed E-state index contributed by atoms with van der Waals surface area (Å²) in [6.45, 7) is 6.86. The van der Waals surface area contributed by atoms with Crippen molar-refractivity contribution in [1.29, 1.82) is 0 Å². The number of carbonyl (C=O) groups is 4. The van der Waals surface area contributed by atoms with Gasteiger partial charge < -0.3 is 19.7 Å². The maximum atomic E-state index is 13.8. The van der Waals surface area contributed by atoms with E-state index in [2.05, 4.69) is 10.4 Å². The third-order valence-corrected chi connectivity index (χ3v) is 10.3. The third kappa shape index (κ3) is 7.42. The van der Waals surface area contributed by atoms with Crippen LogP contribution in [0.4, 0.5) is 26.3 Å². The van der Waals surface area contributed by atoms with Crippen LogP contribution in [0.3, 0.4) is 0 Å². The summed E-state index contributed by atoms with van der Waals surface area (Å²) in [7, 11) is -4.84. The zero-order valence-corrected chi connectivity index (χ0v) is 27.7. The van der Waals surface area contributed by atoms with Gasteiger partial charge >= 0.3 is 27.7 Å². The Labute approximate surface area is 272 Å². The molecule has 4 rings (SSSR count). The van der Waals surface area contributed by atoms with Crippen LogP contribution in [-0.4, -0.2) is 90.1 Å². The van der Waals surface area contributed by atoms with Gasteiger partial charge in [0.2, 0.25) is 23.5 Å². The van der Waals surface area contributed by atoms with Crippen LogP contribution >= 0.6 is 0 Å². The zero-order valence-electron chi connectivity index (χ0n) is 26.9. The fraction of sp³-hybridized carbons (Fsp3) is 0.750. The minimum Gasteiger partial charge on any atom is -0.470 e. The van der Waals surface area contributed by atoms with Crippen molar-refractivity contribution in [2.75, 3.05) is 19.7 Å². The van der Waals surface area contributed by atoms with Gasteiger partial charge in [-0.15, -0.1) is 0 Å². The highest BCUT2D eigenvalue weighted by molar-refractivity contribution is 7.90. The average molecular weight is 718 g/mol. The van der Waals surface area contributed by atoms with E-state index in [1.165, 1.54) is 25.5 Å². The van der Waals surface area contributed by atoms with Gasteiger partial charge in [0.05, 0.1) is 0 Å². The Balaban J connectivity index is 1.59. The number of fused-ring (bicyclic) bond motifs is 1. The second kappa shape index (κ2) is 12.5. The molecule has 270 valence electrons. The Morgan fingerprint density at radius 3 is 2.27 bits per heavy atom. The molecule has 2 N–H and O–H groups in total. The summed E-state index contributed by atoms with van der Waals surface area (Å²) in [4.78, 5) is 54.3. The Morgan fingerprint density at radius 1 is 1.15 bits per heavy atom. The molecule has 6 atom stereocenters. The highest BCUT2D eigenvalue weighted by Crippen LogP contribution is 2.65. The largest absolute Gasteiger partial charge is 0.511 e. The number of nitrogens with zero attached hydrogens (tertiary/aromatic N) is 3. The number of halogens is 6.